The van der Waals surface area contributed by atoms with Crippen LogP contribution in [0.1, 0.15) is 33.4 Å². The number of hydrogen-bond acceptors (Lipinski definition) is 4. The fraction of sp³-hybridized carbons (Fsp3) is 0.273. The number of aryl methyl sites for hydroxylation is 1. The molecule has 1 N–H and O–H groups in total. The molecule has 0 heterocycles. The molecule has 0 fully saturated rings. The average molecular weight is 387 g/mol. The second-order valence-electron chi connectivity index (χ2n) is 6.63. The summed E-state index contributed by atoms with van der Waals surface area (Å²) < 4.78 is 32.6. The number of rotatable bonds is 4. The second-order valence-corrected chi connectivity index (χ2v) is 6.63. The highest BCUT2D eigenvalue weighted by molar-refractivity contribution is 6.15. The molecule has 6 heteroatoms. The first-order valence-electron chi connectivity index (χ1n) is 8.68. The molecule has 0 saturated heterocycles. The van der Waals surface area contributed by atoms with E-state index in [-0.39, 0.29) is 16.7 Å². The molecule has 2 rings (SSSR count). The van der Waals surface area contributed by atoms with Gasteiger partial charge in [0.2, 0.25) is 0 Å². The molecule has 0 aliphatic heterocycles. The van der Waals surface area contributed by atoms with Crippen molar-refractivity contribution in [1.29, 1.82) is 0 Å². The van der Waals surface area contributed by atoms with Crippen molar-refractivity contribution < 1.29 is 23.4 Å². The Morgan fingerprint density at radius 3 is 2.25 bits per heavy atom. The lowest BCUT2D eigenvalue weighted by atomic mass is 9.91. The minimum atomic E-state index is -0.821. The van der Waals surface area contributed by atoms with E-state index in [2.05, 4.69) is 4.99 Å². The topological polar surface area (TPSA) is 58.9 Å². The van der Waals surface area contributed by atoms with Crippen molar-refractivity contribution in [3.8, 4) is 0 Å². The first-order valence-corrected chi connectivity index (χ1v) is 8.68. The third-order valence-electron chi connectivity index (χ3n) is 4.92. The maximum atomic E-state index is 14.6. The lowest BCUT2D eigenvalue weighted by Crippen LogP contribution is -2.12. The Labute approximate surface area is 163 Å². The summed E-state index contributed by atoms with van der Waals surface area (Å²) in [6.07, 6.45) is 1.15. The molecule has 0 spiro atoms. The highest BCUT2D eigenvalue weighted by Gasteiger charge is 2.23. The van der Waals surface area contributed by atoms with Crippen LogP contribution in [0, 0.1) is 46.3 Å². The molecule has 4 nitrogen and oxygen atoms in total. The van der Waals surface area contributed by atoms with Gasteiger partial charge in [0.05, 0.1) is 12.8 Å². The predicted molar refractivity (Wildman–Crippen MR) is 106 cm³/mol. The van der Waals surface area contributed by atoms with Gasteiger partial charge in [0.25, 0.3) is 0 Å². The van der Waals surface area contributed by atoms with Crippen LogP contribution in [0.4, 0.5) is 14.5 Å². The van der Waals surface area contributed by atoms with Crippen LogP contribution in [-0.2, 0) is 9.53 Å². The quantitative estimate of drug-likeness (QED) is 0.333. The summed E-state index contributed by atoms with van der Waals surface area (Å²) in [5.41, 5.74) is 3.04. The lowest BCUT2D eigenvalue weighted by Gasteiger charge is -2.17. The van der Waals surface area contributed by atoms with Gasteiger partial charge < -0.3 is 9.84 Å². The summed E-state index contributed by atoms with van der Waals surface area (Å²) in [6, 6.07) is 4.01. The van der Waals surface area contributed by atoms with Gasteiger partial charge >= 0.3 is 5.97 Å². The summed E-state index contributed by atoms with van der Waals surface area (Å²) in [5.74, 6) is -2.09. The maximum Gasteiger partial charge on any atom is 0.343 e. The largest absolute Gasteiger partial charge is 0.506 e. The van der Waals surface area contributed by atoms with Crippen LogP contribution >= 0.6 is 0 Å². The SMILES string of the molecule is COC(=O)C(C=Nc1ccc(F)cc1C)=C(O)c1c(C)c(C)c(C)c(F)c1C. The Bertz CT molecular complexity index is 978. The van der Waals surface area contributed by atoms with Gasteiger partial charge in [-0.05, 0) is 80.6 Å². The van der Waals surface area contributed by atoms with Crippen molar-refractivity contribution in [2.24, 2.45) is 4.99 Å². The highest BCUT2D eigenvalue weighted by atomic mass is 19.1. The van der Waals surface area contributed by atoms with E-state index in [4.69, 9.17) is 4.74 Å². The molecule has 0 radical (unpaired) electrons. The van der Waals surface area contributed by atoms with Crippen molar-refractivity contribution in [2.45, 2.75) is 34.6 Å². The monoisotopic (exact) mass is 387 g/mol. The Morgan fingerprint density at radius 2 is 1.68 bits per heavy atom. The van der Waals surface area contributed by atoms with E-state index >= 15 is 0 Å². The van der Waals surface area contributed by atoms with E-state index in [9.17, 15) is 18.7 Å². The summed E-state index contributed by atoms with van der Waals surface area (Å²) in [5, 5.41) is 10.8. The number of halogens is 2. The van der Waals surface area contributed by atoms with Crippen molar-refractivity contribution in [3.63, 3.8) is 0 Å². The molecule has 0 unspecified atom stereocenters. The number of benzene rings is 2. The number of carbonyl (C=O) groups excluding carboxylic acids is 1. The highest BCUT2D eigenvalue weighted by Crippen LogP contribution is 2.31. The molecule has 2 aromatic carbocycles. The molecule has 0 bridgehead atoms. The smallest absolute Gasteiger partial charge is 0.343 e. The standard InChI is InChI=1S/C22H23F2NO3/c1-11-9-16(23)7-8-18(11)25-10-17(22(27)28-6)21(26)19-13(3)12(2)14(4)20(24)15(19)5/h7-10,26H,1-6H3. The minimum absolute atomic E-state index is 0.222. The number of aliphatic hydroxyl groups is 1. The molecule has 0 aromatic heterocycles. The van der Waals surface area contributed by atoms with E-state index < -0.39 is 23.4 Å². The molecule has 2 aromatic rings. The van der Waals surface area contributed by atoms with Crippen LogP contribution in [0.3, 0.4) is 0 Å². The molecular formula is C22H23F2NO3. The molecule has 0 aliphatic carbocycles. The number of aliphatic hydroxyl groups excluding tert-OH is 1. The average Bonchev–Trinajstić information content (AvgIpc) is 2.66. The first kappa shape index (κ1) is 21.3. The van der Waals surface area contributed by atoms with Gasteiger partial charge in [-0.25, -0.2) is 13.6 Å². The van der Waals surface area contributed by atoms with Crippen LogP contribution in [0.5, 0.6) is 0 Å². The van der Waals surface area contributed by atoms with Crippen LogP contribution < -0.4 is 0 Å². The zero-order valence-electron chi connectivity index (χ0n) is 16.8. The van der Waals surface area contributed by atoms with Crippen molar-refractivity contribution in [3.05, 3.63) is 68.8 Å². The fourth-order valence-corrected chi connectivity index (χ4v) is 3.01. The van der Waals surface area contributed by atoms with Gasteiger partial charge in [-0.3, -0.25) is 4.99 Å². The Kier molecular flexibility index (Phi) is 6.33. The lowest BCUT2D eigenvalue weighted by molar-refractivity contribution is -0.135. The zero-order valence-corrected chi connectivity index (χ0v) is 16.8. The van der Waals surface area contributed by atoms with E-state index in [1.54, 1.807) is 27.7 Å². The Balaban J connectivity index is 2.70. The Hall–Kier alpha value is -3.02. The normalized spacial score (nSPS) is 12.3. The first-order chi connectivity index (χ1) is 13.1. The summed E-state index contributed by atoms with van der Waals surface area (Å²) in [7, 11) is 1.17. The van der Waals surface area contributed by atoms with Gasteiger partial charge in [-0.2, -0.15) is 0 Å². The van der Waals surface area contributed by atoms with Crippen molar-refractivity contribution in [2.75, 3.05) is 7.11 Å². The summed E-state index contributed by atoms with van der Waals surface area (Å²) in [4.78, 5) is 16.4. The number of nitrogens with zero attached hydrogens (tertiary/aromatic N) is 1. The van der Waals surface area contributed by atoms with Crippen molar-refractivity contribution >= 4 is 23.6 Å². The van der Waals surface area contributed by atoms with Crippen molar-refractivity contribution in [1.82, 2.24) is 0 Å². The van der Waals surface area contributed by atoms with Crippen LogP contribution in [0.15, 0.2) is 28.8 Å². The molecule has 28 heavy (non-hydrogen) atoms. The molecule has 0 atom stereocenters. The predicted octanol–water partition coefficient (Wildman–Crippen LogP) is 5.35. The molecular weight excluding hydrogens is 364 g/mol. The number of ether oxygens (including phenoxy) is 1. The van der Waals surface area contributed by atoms with Gasteiger partial charge in [-0.15, -0.1) is 0 Å². The molecule has 148 valence electrons. The van der Waals surface area contributed by atoms with Gasteiger partial charge in [0.15, 0.2) is 0 Å². The van der Waals surface area contributed by atoms with E-state index in [1.165, 1.54) is 32.2 Å². The molecule has 0 saturated carbocycles. The number of hydrogen-bond donors (Lipinski definition) is 1. The zero-order chi connectivity index (χ0) is 21.2. The number of carbonyl (C=O) groups is 1. The van der Waals surface area contributed by atoms with Gasteiger partial charge in [0, 0.05) is 11.8 Å². The number of methoxy groups -OCH3 is 1. The van der Waals surface area contributed by atoms with Crippen LogP contribution in [0.25, 0.3) is 5.76 Å². The third kappa shape index (κ3) is 3.96. The summed E-state index contributed by atoms with van der Waals surface area (Å²) >= 11 is 0. The minimum Gasteiger partial charge on any atom is -0.506 e. The van der Waals surface area contributed by atoms with Crippen LogP contribution in [-0.4, -0.2) is 24.4 Å². The fourth-order valence-electron chi connectivity index (χ4n) is 3.01. The van der Waals surface area contributed by atoms with E-state index in [0.29, 0.717) is 27.9 Å². The van der Waals surface area contributed by atoms with Gasteiger partial charge in [0.1, 0.15) is 23.0 Å². The Morgan fingerprint density at radius 1 is 1.04 bits per heavy atom. The van der Waals surface area contributed by atoms with Gasteiger partial charge in [-0.1, -0.05) is 0 Å². The summed E-state index contributed by atoms with van der Waals surface area (Å²) in [6.45, 7) is 8.37. The van der Waals surface area contributed by atoms with E-state index in [1.807, 2.05) is 0 Å². The molecule has 0 amide bonds. The third-order valence-corrected chi connectivity index (χ3v) is 4.92. The number of esters is 1. The number of aliphatic imine (C=N–C) groups is 1. The maximum absolute atomic E-state index is 14.6. The molecule has 0 aliphatic rings. The van der Waals surface area contributed by atoms with Crippen LogP contribution in [0.2, 0.25) is 0 Å². The van der Waals surface area contributed by atoms with E-state index in [0.717, 1.165) is 6.21 Å². The second kappa shape index (κ2) is 8.33.